The van der Waals surface area contributed by atoms with Crippen LogP contribution in [0.15, 0.2) is 90.2 Å². The van der Waals surface area contributed by atoms with Crippen LogP contribution in [-0.4, -0.2) is 59.3 Å². The van der Waals surface area contributed by atoms with Crippen molar-refractivity contribution in [3.05, 3.63) is 129 Å². The number of carboxylic acids is 1. The highest BCUT2D eigenvalue weighted by Gasteiger charge is 2.32. The van der Waals surface area contributed by atoms with Crippen LogP contribution in [0, 0.1) is 25.2 Å². The number of aliphatic imine (C=N–C) groups is 1. The molecule has 12 heteroatoms. The summed E-state index contributed by atoms with van der Waals surface area (Å²) in [5.74, 6) is 1.16. The number of ether oxygens (including phenoxy) is 3. The number of nitrogens with zero attached hydrogens (tertiary/aromatic N) is 3. The summed E-state index contributed by atoms with van der Waals surface area (Å²) in [7, 11) is 1.68. The zero-order chi connectivity index (χ0) is 39.1. The summed E-state index contributed by atoms with van der Waals surface area (Å²) in [5, 5.41) is 35.3. The van der Waals surface area contributed by atoms with Crippen LogP contribution in [0.1, 0.15) is 45.9 Å². The lowest BCUT2D eigenvalue weighted by atomic mass is 9.89. The molecule has 1 aliphatic rings. The third kappa shape index (κ3) is 8.58. The fraction of sp³-hybridized carbons (Fsp3) is 0.256. The van der Waals surface area contributed by atoms with Gasteiger partial charge in [-0.3, -0.25) is 20.1 Å². The molecule has 5 aromatic rings. The third-order valence-corrected chi connectivity index (χ3v) is 10.1. The van der Waals surface area contributed by atoms with E-state index in [0.29, 0.717) is 33.2 Å². The highest BCUT2D eigenvalue weighted by atomic mass is 35.5. The molecule has 0 bridgehead atoms. The van der Waals surface area contributed by atoms with Crippen LogP contribution >= 0.6 is 11.6 Å². The number of aliphatic carboxylic acids is 1. The number of nitrogens with one attached hydrogen (secondary N) is 2. The molecule has 6 rings (SSSR count). The van der Waals surface area contributed by atoms with Crippen LogP contribution in [0.5, 0.6) is 17.2 Å². The molecule has 55 heavy (non-hydrogen) atoms. The number of aliphatic hydroxyl groups excluding tert-OH is 1. The molecule has 282 valence electrons. The van der Waals surface area contributed by atoms with E-state index in [-0.39, 0.29) is 19.8 Å². The highest BCUT2D eigenvalue weighted by Crippen LogP contribution is 2.38. The van der Waals surface area contributed by atoms with Gasteiger partial charge in [-0.1, -0.05) is 54.1 Å². The molecule has 4 aromatic carbocycles. The zero-order valence-corrected chi connectivity index (χ0v) is 31.8. The minimum atomic E-state index is -1.59. The number of methoxy groups -OCH3 is 1. The van der Waals surface area contributed by atoms with E-state index in [1.807, 2.05) is 12.1 Å². The number of halogens is 1. The first-order valence-corrected chi connectivity index (χ1v) is 18.1. The Morgan fingerprint density at radius 3 is 2.38 bits per heavy atom. The van der Waals surface area contributed by atoms with Crippen molar-refractivity contribution in [2.24, 2.45) is 4.99 Å². The van der Waals surface area contributed by atoms with Gasteiger partial charge in [-0.15, -0.1) is 0 Å². The molecule has 0 spiro atoms. The SMILES string of the molecule is COc1cc(-c2cccc(-c3cccc(COc4cc(OCc5cncc(C#N)c5)c(CN[C@@](C)(CO)C(=O)O)cc4Cl)c3C)c2C)ccc1C1=NCCN1. The van der Waals surface area contributed by atoms with Crippen LogP contribution in [-0.2, 0) is 24.6 Å². The molecule has 0 unspecified atom stereocenters. The summed E-state index contributed by atoms with van der Waals surface area (Å²) in [4.78, 5) is 20.5. The predicted molar refractivity (Wildman–Crippen MR) is 212 cm³/mol. The van der Waals surface area contributed by atoms with Gasteiger partial charge in [-0.05, 0) is 84.0 Å². The van der Waals surface area contributed by atoms with E-state index < -0.39 is 18.1 Å². The number of nitriles is 1. The molecule has 1 aliphatic heterocycles. The predicted octanol–water partition coefficient (Wildman–Crippen LogP) is 7.00. The van der Waals surface area contributed by atoms with E-state index >= 15 is 0 Å². The lowest BCUT2D eigenvalue weighted by molar-refractivity contribution is -0.145. The Balaban J connectivity index is 1.26. The Hall–Kier alpha value is -5.93. The van der Waals surface area contributed by atoms with Crippen molar-refractivity contribution in [1.29, 1.82) is 5.26 Å². The van der Waals surface area contributed by atoms with E-state index in [1.54, 1.807) is 31.5 Å². The van der Waals surface area contributed by atoms with Crippen LogP contribution < -0.4 is 24.8 Å². The van der Waals surface area contributed by atoms with Crippen molar-refractivity contribution in [3.8, 4) is 45.6 Å². The van der Waals surface area contributed by atoms with Gasteiger partial charge < -0.3 is 29.7 Å². The minimum absolute atomic E-state index is 0.0260. The van der Waals surface area contributed by atoms with Gasteiger partial charge in [0.2, 0.25) is 0 Å². The fourth-order valence-corrected chi connectivity index (χ4v) is 6.64. The largest absolute Gasteiger partial charge is 0.496 e. The quantitative estimate of drug-likeness (QED) is 0.0876. The second kappa shape index (κ2) is 17.0. The van der Waals surface area contributed by atoms with Crippen LogP contribution in [0.3, 0.4) is 0 Å². The molecule has 11 nitrogen and oxygen atoms in total. The Morgan fingerprint density at radius 1 is 0.927 bits per heavy atom. The van der Waals surface area contributed by atoms with E-state index in [1.165, 1.54) is 13.1 Å². The minimum Gasteiger partial charge on any atom is -0.496 e. The Labute approximate surface area is 325 Å². The number of carbonyl (C=O) groups is 1. The molecule has 1 atom stereocenters. The summed E-state index contributed by atoms with van der Waals surface area (Å²) >= 11 is 6.76. The molecule has 0 radical (unpaired) electrons. The van der Waals surface area contributed by atoms with E-state index in [0.717, 1.165) is 69.2 Å². The maximum absolute atomic E-state index is 11.8. The summed E-state index contributed by atoms with van der Waals surface area (Å²) in [6.45, 7) is 6.84. The number of benzene rings is 4. The van der Waals surface area contributed by atoms with Crippen LogP contribution in [0.2, 0.25) is 5.02 Å². The lowest BCUT2D eigenvalue weighted by Gasteiger charge is -2.25. The number of amidine groups is 1. The Morgan fingerprint density at radius 2 is 1.67 bits per heavy atom. The standard InChI is InChI=1S/C43H42ClN5O6/c1-26-31(7-5-9-34(26)35-10-6-8-33(27(35)2)30-11-12-36(39(17-30)53-4)41-47-13-14-48-41)24-55-40-18-38(54-23-29-15-28(19-45)20-46-21-29)32(16-37(40)44)22-49-43(3,25-50)42(51)52/h5-12,15-18,20-21,49-50H,13-14,22-25H2,1-4H3,(H,47,48)(H,51,52)/t43-/m0/s1. The smallest absolute Gasteiger partial charge is 0.326 e. The first-order chi connectivity index (χ1) is 26.5. The van der Waals surface area contributed by atoms with Crippen molar-refractivity contribution in [2.45, 2.75) is 46.1 Å². The molecule has 0 amide bonds. The number of aromatic nitrogens is 1. The molecule has 0 saturated carbocycles. The first kappa shape index (κ1) is 38.8. The van der Waals surface area contributed by atoms with Gasteiger partial charge in [0.25, 0.3) is 0 Å². The Bertz CT molecular complexity index is 2300. The molecule has 0 fully saturated rings. The molecule has 0 aliphatic carbocycles. The number of aliphatic hydroxyl groups is 1. The topological polar surface area (TPSA) is 158 Å². The molecule has 1 aromatic heterocycles. The summed E-state index contributed by atoms with van der Waals surface area (Å²) in [6, 6.07) is 25.7. The number of hydrogen-bond acceptors (Lipinski definition) is 10. The van der Waals surface area contributed by atoms with Crippen LogP contribution in [0.4, 0.5) is 0 Å². The number of hydrogen-bond donors (Lipinski definition) is 4. The molecule has 4 N–H and O–H groups in total. The van der Waals surface area contributed by atoms with Crippen molar-refractivity contribution >= 4 is 23.4 Å². The Kier molecular flexibility index (Phi) is 12.0. The number of rotatable bonds is 15. The molecular weight excluding hydrogens is 718 g/mol. The molecule has 2 heterocycles. The highest BCUT2D eigenvalue weighted by molar-refractivity contribution is 6.32. The monoisotopic (exact) mass is 759 g/mol. The fourth-order valence-electron chi connectivity index (χ4n) is 6.40. The average Bonchev–Trinajstić information content (AvgIpc) is 3.74. The first-order valence-electron chi connectivity index (χ1n) is 17.7. The summed E-state index contributed by atoms with van der Waals surface area (Å²) in [6.07, 6.45) is 3.06. The zero-order valence-electron chi connectivity index (χ0n) is 31.1. The lowest BCUT2D eigenvalue weighted by Crippen LogP contribution is -2.52. The maximum Gasteiger partial charge on any atom is 0.326 e. The maximum atomic E-state index is 11.8. The normalized spacial score (nSPS) is 13.3. The van der Waals surface area contributed by atoms with Gasteiger partial charge in [-0.25, -0.2) is 0 Å². The van der Waals surface area contributed by atoms with Gasteiger partial charge in [0.1, 0.15) is 47.9 Å². The van der Waals surface area contributed by atoms with Crippen molar-refractivity contribution in [2.75, 3.05) is 26.8 Å². The van der Waals surface area contributed by atoms with Crippen molar-refractivity contribution in [1.82, 2.24) is 15.6 Å². The van der Waals surface area contributed by atoms with Gasteiger partial charge in [0.15, 0.2) is 0 Å². The molecular formula is C43H42ClN5O6. The summed E-state index contributed by atoms with van der Waals surface area (Å²) in [5.41, 5.74) is 8.40. The second-order valence-electron chi connectivity index (χ2n) is 13.5. The van der Waals surface area contributed by atoms with Crippen molar-refractivity contribution < 1.29 is 29.2 Å². The number of carboxylic acid groups (broad SMARTS) is 1. The molecule has 0 saturated heterocycles. The summed E-state index contributed by atoms with van der Waals surface area (Å²) < 4.78 is 18.3. The van der Waals surface area contributed by atoms with E-state index in [4.69, 9.17) is 25.8 Å². The van der Waals surface area contributed by atoms with Gasteiger partial charge in [0.05, 0.1) is 36.4 Å². The van der Waals surface area contributed by atoms with Crippen LogP contribution in [0.25, 0.3) is 22.3 Å². The van der Waals surface area contributed by atoms with Gasteiger partial charge in [-0.2, -0.15) is 5.26 Å². The van der Waals surface area contributed by atoms with Gasteiger partial charge in [0, 0.05) is 42.7 Å². The van der Waals surface area contributed by atoms with E-state index in [2.05, 4.69) is 83.0 Å². The van der Waals surface area contributed by atoms with Crippen molar-refractivity contribution in [3.63, 3.8) is 0 Å². The second-order valence-corrected chi connectivity index (χ2v) is 13.9. The number of pyridine rings is 1. The third-order valence-electron chi connectivity index (χ3n) is 9.79. The van der Waals surface area contributed by atoms with Gasteiger partial charge >= 0.3 is 5.97 Å². The average molecular weight is 760 g/mol. The van der Waals surface area contributed by atoms with E-state index in [9.17, 15) is 20.3 Å².